The molecule has 0 atom stereocenters. The molecule has 6 heteroatoms. The van der Waals surface area contributed by atoms with Gasteiger partial charge in [0.05, 0.1) is 16.7 Å². The summed E-state index contributed by atoms with van der Waals surface area (Å²) in [5.74, 6) is -0.100. The van der Waals surface area contributed by atoms with E-state index in [2.05, 4.69) is 4.90 Å². The van der Waals surface area contributed by atoms with Gasteiger partial charge in [-0.1, -0.05) is 18.2 Å². The third-order valence-electron chi connectivity index (χ3n) is 4.65. The second kappa shape index (κ2) is 6.61. The number of rotatable bonds is 3. The molecule has 1 fully saturated rings. The minimum Gasteiger partial charge on any atom is -0.389 e. The molecule has 0 bridgehead atoms. The summed E-state index contributed by atoms with van der Waals surface area (Å²) in [7, 11) is 1.72. The fourth-order valence-corrected chi connectivity index (χ4v) is 3.41. The van der Waals surface area contributed by atoms with Gasteiger partial charge in [-0.2, -0.15) is 0 Å². The number of β-amino-alcohol motifs (C(OH)–C–C–N with tert-alkyl or cyclic N) is 1. The molecule has 2 aromatic rings. The standard InChI is InChI=1S/C19H25N3O3/c1-19(2,25)13-21-8-10-22(11-9-21)18(24)15-12-17(23)20(3)16-7-5-4-6-14(15)16/h4-7,12,25H,8-11,13H2,1-3H3. The van der Waals surface area contributed by atoms with Crippen LogP contribution in [0.2, 0.25) is 0 Å². The lowest BCUT2D eigenvalue weighted by atomic mass is 10.1. The molecule has 1 amide bonds. The van der Waals surface area contributed by atoms with E-state index in [-0.39, 0.29) is 11.5 Å². The van der Waals surface area contributed by atoms with Crippen LogP contribution in [0.1, 0.15) is 24.2 Å². The number of nitrogens with zero attached hydrogens (tertiary/aromatic N) is 3. The highest BCUT2D eigenvalue weighted by Crippen LogP contribution is 2.19. The summed E-state index contributed by atoms with van der Waals surface area (Å²) < 4.78 is 1.56. The van der Waals surface area contributed by atoms with Gasteiger partial charge in [0.2, 0.25) is 0 Å². The van der Waals surface area contributed by atoms with Crippen LogP contribution in [0.4, 0.5) is 0 Å². The number of carbonyl (C=O) groups excluding carboxylic acids is 1. The first-order valence-electron chi connectivity index (χ1n) is 8.59. The minimum absolute atomic E-state index is 0.100. The van der Waals surface area contributed by atoms with Gasteiger partial charge < -0.3 is 14.6 Å². The Kier molecular flexibility index (Phi) is 4.67. The Hall–Kier alpha value is -2.18. The average molecular weight is 343 g/mol. The molecule has 3 rings (SSSR count). The number of piperazine rings is 1. The summed E-state index contributed by atoms with van der Waals surface area (Å²) in [5, 5.41) is 10.7. The fourth-order valence-electron chi connectivity index (χ4n) is 3.41. The molecule has 1 N–H and O–H groups in total. The quantitative estimate of drug-likeness (QED) is 0.905. The summed E-state index contributed by atoms with van der Waals surface area (Å²) in [5.41, 5.74) is 0.310. The third kappa shape index (κ3) is 3.75. The topological polar surface area (TPSA) is 65.8 Å². The highest BCUT2D eigenvalue weighted by Gasteiger charge is 2.26. The minimum atomic E-state index is -0.742. The van der Waals surface area contributed by atoms with Crippen molar-refractivity contribution in [3.63, 3.8) is 0 Å². The van der Waals surface area contributed by atoms with Crippen molar-refractivity contribution >= 4 is 16.8 Å². The van der Waals surface area contributed by atoms with Crippen LogP contribution in [0.25, 0.3) is 10.9 Å². The predicted molar refractivity (Wildman–Crippen MR) is 97.8 cm³/mol. The zero-order chi connectivity index (χ0) is 18.2. The summed E-state index contributed by atoms with van der Waals surface area (Å²) in [6.07, 6.45) is 0. The highest BCUT2D eigenvalue weighted by atomic mass is 16.3. The normalized spacial score (nSPS) is 16.4. The SMILES string of the molecule is Cn1c(=O)cc(C(=O)N2CCN(CC(C)(C)O)CC2)c2ccccc21. The summed E-state index contributed by atoms with van der Waals surface area (Å²) >= 11 is 0. The summed E-state index contributed by atoms with van der Waals surface area (Å²) in [4.78, 5) is 29.1. The number of aryl methyl sites for hydroxylation is 1. The van der Waals surface area contributed by atoms with Gasteiger partial charge in [0, 0.05) is 51.2 Å². The van der Waals surface area contributed by atoms with E-state index in [1.807, 2.05) is 24.3 Å². The Bertz CT molecular complexity index is 843. The van der Waals surface area contributed by atoms with Crippen LogP contribution in [-0.4, -0.2) is 63.7 Å². The molecule has 1 aliphatic rings. The molecule has 1 aromatic heterocycles. The first-order chi connectivity index (χ1) is 11.8. The van der Waals surface area contributed by atoms with E-state index in [0.29, 0.717) is 25.2 Å². The van der Waals surface area contributed by atoms with Gasteiger partial charge in [-0.05, 0) is 19.9 Å². The molecule has 1 aromatic carbocycles. The maximum Gasteiger partial charge on any atom is 0.254 e. The Labute approximate surface area is 147 Å². The summed E-state index contributed by atoms with van der Waals surface area (Å²) in [6.45, 7) is 6.80. The molecule has 6 nitrogen and oxygen atoms in total. The van der Waals surface area contributed by atoms with Crippen LogP contribution in [0, 0.1) is 0 Å². The van der Waals surface area contributed by atoms with Gasteiger partial charge in [0.25, 0.3) is 11.5 Å². The van der Waals surface area contributed by atoms with Gasteiger partial charge in [-0.15, -0.1) is 0 Å². The van der Waals surface area contributed by atoms with E-state index in [1.165, 1.54) is 6.07 Å². The van der Waals surface area contributed by atoms with E-state index in [9.17, 15) is 14.7 Å². The first kappa shape index (κ1) is 17.6. The van der Waals surface area contributed by atoms with Gasteiger partial charge in [-0.3, -0.25) is 14.5 Å². The number of fused-ring (bicyclic) bond motifs is 1. The lowest BCUT2D eigenvalue weighted by molar-refractivity contribution is 0.0179. The van der Waals surface area contributed by atoms with Crippen molar-refractivity contribution < 1.29 is 9.90 Å². The van der Waals surface area contributed by atoms with Crippen LogP contribution in [-0.2, 0) is 7.05 Å². The van der Waals surface area contributed by atoms with Crippen molar-refractivity contribution in [2.24, 2.45) is 7.05 Å². The van der Waals surface area contributed by atoms with E-state index in [0.717, 1.165) is 24.0 Å². The van der Waals surface area contributed by atoms with E-state index >= 15 is 0 Å². The van der Waals surface area contributed by atoms with Crippen molar-refractivity contribution in [1.29, 1.82) is 0 Å². The Morgan fingerprint density at radius 2 is 1.80 bits per heavy atom. The molecule has 0 spiro atoms. The van der Waals surface area contributed by atoms with Crippen molar-refractivity contribution in [3.8, 4) is 0 Å². The number of pyridine rings is 1. The number of aliphatic hydroxyl groups is 1. The van der Waals surface area contributed by atoms with E-state index < -0.39 is 5.60 Å². The van der Waals surface area contributed by atoms with E-state index in [4.69, 9.17) is 0 Å². The largest absolute Gasteiger partial charge is 0.389 e. The van der Waals surface area contributed by atoms with Gasteiger partial charge in [0.15, 0.2) is 0 Å². The van der Waals surface area contributed by atoms with Crippen LogP contribution < -0.4 is 5.56 Å². The molecule has 134 valence electrons. The molecule has 1 saturated heterocycles. The number of benzene rings is 1. The molecular formula is C19H25N3O3. The van der Waals surface area contributed by atoms with E-state index in [1.54, 1.807) is 30.4 Å². The van der Waals surface area contributed by atoms with Crippen molar-refractivity contribution in [2.75, 3.05) is 32.7 Å². The van der Waals surface area contributed by atoms with Gasteiger partial charge in [-0.25, -0.2) is 0 Å². The zero-order valence-corrected chi connectivity index (χ0v) is 15.0. The number of para-hydroxylation sites is 1. The monoisotopic (exact) mass is 343 g/mol. The number of hydrogen-bond donors (Lipinski definition) is 1. The lowest BCUT2D eigenvalue weighted by Gasteiger charge is -2.37. The molecule has 0 saturated carbocycles. The number of carbonyl (C=O) groups is 1. The van der Waals surface area contributed by atoms with Gasteiger partial charge in [0.1, 0.15) is 0 Å². The molecule has 25 heavy (non-hydrogen) atoms. The van der Waals surface area contributed by atoms with Crippen LogP contribution in [0.15, 0.2) is 35.1 Å². The van der Waals surface area contributed by atoms with Gasteiger partial charge >= 0.3 is 0 Å². The Balaban J connectivity index is 1.82. The first-order valence-corrected chi connectivity index (χ1v) is 8.59. The number of aromatic nitrogens is 1. The second-order valence-corrected chi connectivity index (χ2v) is 7.35. The number of hydrogen-bond acceptors (Lipinski definition) is 4. The molecular weight excluding hydrogens is 318 g/mol. The highest BCUT2D eigenvalue weighted by molar-refractivity contribution is 6.06. The molecule has 2 heterocycles. The molecule has 1 aliphatic heterocycles. The Morgan fingerprint density at radius 1 is 1.16 bits per heavy atom. The maximum absolute atomic E-state index is 13.0. The third-order valence-corrected chi connectivity index (χ3v) is 4.65. The molecule has 0 radical (unpaired) electrons. The average Bonchev–Trinajstić information content (AvgIpc) is 2.57. The molecule has 0 aliphatic carbocycles. The van der Waals surface area contributed by atoms with Crippen LogP contribution in [0.5, 0.6) is 0 Å². The number of amides is 1. The summed E-state index contributed by atoms with van der Waals surface area (Å²) in [6, 6.07) is 8.92. The Morgan fingerprint density at radius 3 is 2.44 bits per heavy atom. The predicted octanol–water partition coefficient (Wildman–Crippen LogP) is 1.07. The fraction of sp³-hybridized carbons (Fsp3) is 0.474. The smallest absolute Gasteiger partial charge is 0.254 e. The lowest BCUT2D eigenvalue weighted by Crippen LogP contribution is -2.52. The molecule has 0 unspecified atom stereocenters. The van der Waals surface area contributed by atoms with Crippen LogP contribution in [0.3, 0.4) is 0 Å². The maximum atomic E-state index is 13.0. The zero-order valence-electron chi connectivity index (χ0n) is 15.0. The van der Waals surface area contributed by atoms with Crippen molar-refractivity contribution in [3.05, 3.63) is 46.2 Å². The van der Waals surface area contributed by atoms with Crippen LogP contribution >= 0.6 is 0 Å². The van der Waals surface area contributed by atoms with Crippen molar-refractivity contribution in [1.82, 2.24) is 14.4 Å². The van der Waals surface area contributed by atoms with Crippen molar-refractivity contribution in [2.45, 2.75) is 19.4 Å². The second-order valence-electron chi connectivity index (χ2n) is 7.35.